The quantitative estimate of drug-likeness (QED) is 0.436. The predicted octanol–water partition coefficient (Wildman–Crippen LogP) is 3.10. The SMILES string of the molecule is O=C1CCCC(=O)N1c1ccc(N2CCN(c3ccccc3F)CC2)c([N+](=O)[O-])c1. The van der Waals surface area contributed by atoms with Gasteiger partial charge in [0.1, 0.15) is 11.5 Å². The van der Waals surface area contributed by atoms with Crippen LogP contribution in [0.5, 0.6) is 0 Å². The molecule has 2 aliphatic heterocycles. The second-order valence-electron chi connectivity index (χ2n) is 7.33. The molecule has 9 heteroatoms. The number of nitro groups is 1. The minimum absolute atomic E-state index is 0.155. The van der Waals surface area contributed by atoms with Crippen LogP contribution in [-0.4, -0.2) is 42.9 Å². The van der Waals surface area contributed by atoms with E-state index in [2.05, 4.69) is 0 Å². The molecule has 2 aromatic carbocycles. The smallest absolute Gasteiger partial charge is 0.294 e. The molecule has 0 aliphatic carbocycles. The third kappa shape index (κ3) is 3.70. The van der Waals surface area contributed by atoms with Gasteiger partial charge >= 0.3 is 0 Å². The number of carbonyl (C=O) groups excluding carboxylic acids is 2. The average molecular weight is 412 g/mol. The fourth-order valence-corrected chi connectivity index (χ4v) is 4.00. The number of anilines is 3. The summed E-state index contributed by atoms with van der Waals surface area (Å²) in [5.41, 5.74) is 1.01. The highest BCUT2D eigenvalue weighted by Gasteiger charge is 2.31. The number of piperidine rings is 1. The van der Waals surface area contributed by atoms with Gasteiger partial charge in [0.15, 0.2) is 0 Å². The van der Waals surface area contributed by atoms with Gasteiger partial charge in [0.2, 0.25) is 11.8 Å². The molecule has 0 bridgehead atoms. The van der Waals surface area contributed by atoms with E-state index in [-0.39, 0.29) is 41.8 Å². The third-order valence-electron chi connectivity index (χ3n) is 5.51. The molecule has 2 aromatic rings. The number of rotatable bonds is 4. The van der Waals surface area contributed by atoms with Crippen LogP contribution in [0.2, 0.25) is 0 Å². The monoisotopic (exact) mass is 412 g/mol. The van der Waals surface area contributed by atoms with Gasteiger partial charge in [-0.15, -0.1) is 0 Å². The van der Waals surface area contributed by atoms with Crippen molar-refractivity contribution in [2.45, 2.75) is 19.3 Å². The van der Waals surface area contributed by atoms with Crippen molar-refractivity contribution in [3.05, 3.63) is 58.4 Å². The Bertz CT molecular complexity index is 988. The maximum absolute atomic E-state index is 14.0. The number of halogens is 1. The lowest BCUT2D eigenvalue weighted by atomic mass is 10.1. The molecule has 0 atom stereocenters. The zero-order valence-electron chi connectivity index (χ0n) is 16.3. The molecule has 0 saturated carbocycles. The number of hydrogen-bond donors (Lipinski definition) is 0. The van der Waals surface area contributed by atoms with E-state index in [1.807, 2.05) is 9.80 Å². The van der Waals surface area contributed by atoms with E-state index >= 15 is 0 Å². The van der Waals surface area contributed by atoms with E-state index in [4.69, 9.17) is 0 Å². The van der Waals surface area contributed by atoms with E-state index in [0.717, 1.165) is 4.90 Å². The zero-order chi connectivity index (χ0) is 21.3. The molecule has 0 unspecified atom stereocenters. The van der Waals surface area contributed by atoms with Crippen molar-refractivity contribution in [2.75, 3.05) is 40.9 Å². The van der Waals surface area contributed by atoms with Crippen molar-refractivity contribution in [2.24, 2.45) is 0 Å². The molecule has 2 saturated heterocycles. The fraction of sp³-hybridized carbons (Fsp3) is 0.333. The Morgan fingerprint density at radius 1 is 0.867 bits per heavy atom. The first-order valence-electron chi connectivity index (χ1n) is 9.84. The summed E-state index contributed by atoms with van der Waals surface area (Å²) in [5, 5.41) is 11.7. The summed E-state index contributed by atoms with van der Waals surface area (Å²) >= 11 is 0. The lowest BCUT2D eigenvalue weighted by Gasteiger charge is -2.37. The van der Waals surface area contributed by atoms with Crippen LogP contribution >= 0.6 is 0 Å². The van der Waals surface area contributed by atoms with Crippen LogP contribution in [0, 0.1) is 15.9 Å². The molecule has 2 heterocycles. The molecule has 2 amide bonds. The van der Waals surface area contributed by atoms with Crippen LogP contribution in [0.3, 0.4) is 0 Å². The van der Waals surface area contributed by atoms with Gasteiger partial charge in [-0.3, -0.25) is 24.6 Å². The Labute approximate surface area is 172 Å². The molecule has 0 aromatic heterocycles. The standard InChI is InChI=1S/C21H21FN4O4/c22-16-4-1-2-5-17(16)23-10-12-24(13-11-23)18-9-8-15(14-19(18)26(29)30)25-20(27)6-3-7-21(25)28/h1-2,4-5,8-9,14H,3,6-7,10-13H2. The first kappa shape index (κ1) is 19.8. The molecule has 0 spiro atoms. The van der Waals surface area contributed by atoms with E-state index in [9.17, 15) is 24.1 Å². The van der Waals surface area contributed by atoms with E-state index in [0.29, 0.717) is 44.0 Å². The van der Waals surface area contributed by atoms with Gasteiger partial charge in [-0.25, -0.2) is 4.39 Å². The van der Waals surface area contributed by atoms with Gasteiger partial charge in [0.05, 0.1) is 16.3 Å². The Kier molecular flexibility index (Phi) is 5.35. The molecular formula is C21H21FN4O4. The molecule has 8 nitrogen and oxygen atoms in total. The molecule has 2 fully saturated rings. The first-order chi connectivity index (χ1) is 14.5. The number of amides is 2. The molecular weight excluding hydrogens is 391 g/mol. The highest BCUT2D eigenvalue weighted by molar-refractivity contribution is 6.16. The first-order valence-corrected chi connectivity index (χ1v) is 9.84. The van der Waals surface area contributed by atoms with Gasteiger partial charge in [-0.1, -0.05) is 12.1 Å². The molecule has 156 valence electrons. The normalized spacial score (nSPS) is 17.4. The summed E-state index contributed by atoms with van der Waals surface area (Å²) < 4.78 is 14.0. The van der Waals surface area contributed by atoms with Crippen LogP contribution in [-0.2, 0) is 9.59 Å². The van der Waals surface area contributed by atoms with Gasteiger partial charge in [-0.2, -0.15) is 0 Å². The van der Waals surface area contributed by atoms with Crippen LogP contribution < -0.4 is 14.7 Å². The molecule has 0 N–H and O–H groups in total. The second-order valence-corrected chi connectivity index (χ2v) is 7.33. The number of hydrogen-bond acceptors (Lipinski definition) is 6. The van der Waals surface area contributed by atoms with Crippen molar-refractivity contribution in [1.82, 2.24) is 0 Å². The van der Waals surface area contributed by atoms with Crippen LogP contribution in [0.4, 0.5) is 27.1 Å². The molecule has 4 rings (SSSR count). The van der Waals surface area contributed by atoms with Crippen LogP contribution in [0.25, 0.3) is 0 Å². The van der Waals surface area contributed by atoms with Gasteiger partial charge in [0.25, 0.3) is 5.69 Å². The van der Waals surface area contributed by atoms with E-state index < -0.39 is 4.92 Å². The largest absolute Gasteiger partial charge is 0.366 e. The fourth-order valence-electron chi connectivity index (χ4n) is 4.00. The Morgan fingerprint density at radius 2 is 1.47 bits per heavy atom. The topological polar surface area (TPSA) is 87.0 Å². The maximum Gasteiger partial charge on any atom is 0.294 e. The van der Waals surface area contributed by atoms with Crippen molar-refractivity contribution >= 4 is 34.6 Å². The Hall–Kier alpha value is -3.49. The Balaban J connectivity index is 1.56. The van der Waals surface area contributed by atoms with Crippen molar-refractivity contribution in [3.63, 3.8) is 0 Å². The van der Waals surface area contributed by atoms with Gasteiger partial charge < -0.3 is 9.80 Å². The van der Waals surface area contributed by atoms with Crippen molar-refractivity contribution < 1.29 is 18.9 Å². The van der Waals surface area contributed by atoms with Crippen molar-refractivity contribution in [3.8, 4) is 0 Å². The maximum atomic E-state index is 14.0. The third-order valence-corrected chi connectivity index (χ3v) is 5.51. The summed E-state index contributed by atoms with van der Waals surface area (Å²) in [6, 6.07) is 11.0. The highest BCUT2D eigenvalue weighted by atomic mass is 19.1. The number of para-hydroxylation sites is 1. The minimum Gasteiger partial charge on any atom is -0.366 e. The zero-order valence-corrected chi connectivity index (χ0v) is 16.3. The van der Waals surface area contributed by atoms with Gasteiger partial charge in [-0.05, 0) is 30.7 Å². The summed E-state index contributed by atoms with van der Waals surface area (Å²) in [5.74, 6) is -0.976. The number of nitrogens with zero attached hydrogens (tertiary/aromatic N) is 4. The van der Waals surface area contributed by atoms with Gasteiger partial charge in [0, 0.05) is 45.1 Å². The van der Waals surface area contributed by atoms with Crippen LogP contribution in [0.1, 0.15) is 19.3 Å². The number of nitro benzene ring substituents is 1. The lowest BCUT2D eigenvalue weighted by molar-refractivity contribution is -0.384. The predicted molar refractivity (Wildman–Crippen MR) is 110 cm³/mol. The number of imide groups is 1. The molecule has 30 heavy (non-hydrogen) atoms. The summed E-state index contributed by atoms with van der Waals surface area (Å²) in [6.07, 6.45) is 0.999. The van der Waals surface area contributed by atoms with Crippen LogP contribution in [0.15, 0.2) is 42.5 Å². The van der Waals surface area contributed by atoms with Crippen molar-refractivity contribution in [1.29, 1.82) is 0 Å². The number of benzene rings is 2. The lowest BCUT2D eigenvalue weighted by Crippen LogP contribution is -2.47. The minimum atomic E-state index is -0.499. The molecule has 2 aliphatic rings. The van der Waals surface area contributed by atoms with E-state index in [1.165, 1.54) is 12.1 Å². The van der Waals surface area contributed by atoms with E-state index in [1.54, 1.807) is 30.3 Å². The summed E-state index contributed by atoms with van der Waals surface area (Å²) in [7, 11) is 0. The second kappa shape index (κ2) is 8.10. The average Bonchev–Trinajstić information content (AvgIpc) is 2.74. The summed E-state index contributed by atoms with van der Waals surface area (Å²) in [6.45, 7) is 2.00. The highest BCUT2D eigenvalue weighted by Crippen LogP contribution is 2.35. The summed E-state index contributed by atoms with van der Waals surface area (Å²) in [4.78, 5) is 40.4. The number of piperazine rings is 1. The number of carbonyl (C=O) groups is 2. The molecule has 0 radical (unpaired) electrons. The Morgan fingerprint density at radius 3 is 2.07 bits per heavy atom.